The first-order chi connectivity index (χ1) is 30.5. The van der Waals surface area contributed by atoms with Crippen molar-refractivity contribution in [1.29, 1.82) is 0 Å². The zero-order chi connectivity index (χ0) is 42.2. The molecule has 0 bridgehead atoms. The maximum Gasteiger partial charge on any atom is 0.233 e. The van der Waals surface area contributed by atoms with E-state index in [2.05, 4.69) is 48.5 Å². The Labute approximate surface area is 358 Å². The molecule has 62 heavy (non-hydrogen) atoms. The summed E-state index contributed by atoms with van der Waals surface area (Å²) in [7, 11) is 0. The lowest BCUT2D eigenvalue weighted by molar-refractivity contribution is 0.0817. The first-order valence-electron chi connectivity index (χ1n) is 20.5. The van der Waals surface area contributed by atoms with Gasteiger partial charge >= 0.3 is 0 Å². The number of hydrogen-bond donors (Lipinski definition) is 0. The summed E-state index contributed by atoms with van der Waals surface area (Å²) in [4.78, 5) is 56.0. The van der Waals surface area contributed by atoms with Gasteiger partial charge in [-0.05, 0) is 89.0 Å². The summed E-state index contributed by atoms with van der Waals surface area (Å²) in [6.07, 6.45) is 0. The smallest absolute Gasteiger partial charge is 0.233 e. The minimum absolute atomic E-state index is 0.265. The summed E-state index contributed by atoms with van der Waals surface area (Å²) >= 11 is 0. The van der Waals surface area contributed by atoms with E-state index in [0.29, 0.717) is 11.1 Å². The fourth-order valence-electron chi connectivity index (χ4n) is 8.82. The molecule has 0 aliphatic rings. The Hall–Kier alpha value is -8.34. The van der Waals surface area contributed by atoms with Crippen molar-refractivity contribution < 1.29 is 19.2 Å². The highest BCUT2D eigenvalue weighted by atomic mass is 16.2. The van der Waals surface area contributed by atoms with Gasteiger partial charge in [0.1, 0.15) is 0 Å². The van der Waals surface area contributed by atoms with Gasteiger partial charge < -0.3 is 0 Å². The first-order valence-corrected chi connectivity index (χ1v) is 20.5. The van der Waals surface area contributed by atoms with Crippen LogP contribution in [0.2, 0.25) is 0 Å². The molecule has 0 atom stereocenters. The van der Waals surface area contributed by atoms with Crippen molar-refractivity contribution in [3.05, 3.63) is 241 Å². The number of fused-ring (bicyclic) bond motifs is 6. The monoisotopic (exact) mass is 796 g/mol. The summed E-state index contributed by atoms with van der Waals surface area (Å²) in [5, 5.41) is 4.88. The molecule has 10 rings (SSSR count). The predicted molar refractivity (Wildman–Crippen MR) is 251 cm³/mol. The average molecular weight is 797 g/mol. The number of Topliss-reactive ketones (excluding diaryl/α,β-unsaturated/α-hetero) is 4. The maximum absolute atomic E-state index is 14.2. The number of hydrogen-bond acceptors (Lipinski definition) is 4. The van der Waals surface area contributed by atoms with Gasteiger partial charge in [-0.15, -0.1) is 0 Å². The second kappa shape index (κ2) is 16.0. The Morgan fingerprint density at radius 3 is 0.790 bits per heavy atom. The summed E-state index contributed by atoms with van der Waals surface area (Å²) in [6.45, 7) is 0. The molecule has 4 nitrogen and oxygen atoms in total. The topological polar surface area (TPSA) is 68.3 Å². The molecule has 0 unspecified atom stereocenters. The quantitative estimate of drug-likeness (QED) is 0.0785. The molecule has 10 aromatic carbocycles. The molecule has 0 spiro atoms. The zero-order valence-corrected chi connectivity index (χ0v) is 33.4. The van der Waals surface area contributed by atoms with E-state index < -0.39 is 23.1 Å². The lowest BCUT2D eigenvalue weighted by Gasteiger charge is -2.26. The van der Waals surface area contributed by atoms with E-state index in [1.54, 1.807) is 60.7 Å². The van der Waals surface area contributed by atoms with Crippen LogP contribution in [-0.2, 0) is 0 Å². The van der Waals surface area contributed by atoms with Crippen LogP contribution >= 0.6 is 0 Å². The van der Waals surface area contributed by atoms with Gasteiger partial charge in [-0.3, -0.25) is 19.2 Å². The molecule has 292 valence electrons. The van der Waals surface area contributed by atoms with Crippen LogP contribution in [0.4, 0.5) is 0 Å². The fourth-order valence-corrected chi connectivity index (χ4v) is 8.82. The summed E-state index contributed by atoms with van der Waals surface area (Å²) in [6, 6.07) is 69.3. The molecule has 0 fully saturated rings. The van der Waals surface area contributed by atoms with Crippen LogP contribution in [0.5, 0.6) is 0 Å². The van der Waals surface area contributed by atoms with Gasteiger partial charge in [0.25, 0.3) is 0 Å². The van der Waals surface area contributed by atoms with Crippen molar-refractivity contribution in [2.75, 3.05) is 0 Å². The van der Waals surface area contributed by atoms with Crippen LogP contribution in [0.1, 0.15) is 41.4 Å². The minimum Gasteiger partial charge on any atom is -0.285 e. The second-order valence-corrected chi connectivity index (χ2v) is 15.3. The van der Waals surface area contributed by atoms with Crippen molar-refractivity contribution in [3.63, 3.8) is 0 Å². The predicted octanol–water partition coefficient (Wildman–Crippen LogP) is 13.9. The third-order valence-electron chi connectivity index (χ3n) is 11.6. The fraction of sp³-hybridized carbons (Fsp3) is 0. The largest absolute Gasteiger partial charge is 0.285 e. The summed E-state index contributed by atoms with van der Waals surface area (Å²) in [5.74, 6) is -2.40. The van der Waals surface area contributed by atoms with Gasteiger partial charge in [0.05, 0.1) is 0 Å². The SMILES string of the molecule is O=C(C(=O)c1ccc2c3ccc(C(=O)C(=O)c4ccccc4)cc3c3c(-c4ccccc4)c(-c4ccccc4)c(-c4ccccc4)c(-c4ccccc4)c3c2c1)c1ccccc1. The highest BCUT2D eigenvalue weighted by molar-refractivity contribution is 6.51. The number of rotatable bonds is 10. The molecular formula is C58H36O4. The van der Waals surface area contributed by atoms with Crippen LogP contribution in [0.25, 0.3) is 76.8 Å². The molecule has 0 N–H and O–H groups in total. The van der Waals surface area contributed by atoms with Crippen molar-refractivity contribution in [1.82, 2.24) is 0 Å². The van der Waals surface area contributed by atoms with E-state index in [1.165, 1.54) is 0 Å². The van der Waals surface area contributed by atoms with Gasteiger partial charge in [-0.1, -0.05) is 206 Å². The van der Waals surface area contributed by atoms with E-state index in [1.807, 2.05) is 109 Å². The molecule has 0 aromatic heterocycles. The van der Waals surface area contributed by atoms with Crippen LogP contribution in [0.15, 0.2) is 218 Å². The molecule has 0 radical (unpaired) electrons. The van der Waals surface area contributed by atoms with E-state index in [0.717, 1.165) is 76.8 Å². The van der Waals surface area contributed by atoms with E-state index >= 15 is 0 Å². The first kappa shape index (κ1) is 37.9. The molecule has 0 saturated heterocycles. The molecule has 10 aromatic rings. The highest BCUT2D eigenvalue weighted by Gasteiger charge is 2.29. The third-order valence-corrected chi connectivity index (χ3v) is 11.6. The van der Waals surface area contributed by atoms with Gasteiger partial charge in [0.2, 0.25) is 23.1 Å². The van der Waals surface area contributed by atoms with Gasteiger partial charge in [0, 0.05) is 22.3 Å². The third kappa shape index (κ3) is 6.61. The molecule has 0 aliphatic heterocycles. The summed E-state index contributed by atoms with van der Waals surface area (Å²) in [5.41, 5.74) is 8.84. The van der Waals surface area contributed by atoms with E-state index in [-0.39, 0.29) is 11.1 Å². The zero-order valence-electron chi connectivity index (χ0n) is 33.4. The maximum atomic E-state index is 14.2. The molecular weight excluding hydrogens is 761 g/mol. The van der Waals surface area contributed by atoms with E-state index in [4.69, 9.17) is 0 Å². The molecule has 0 saturated carbocycles. The Bertz CT molecular complexity index is 3130. The standard InChI is InChI=1S/C58H36O4/c59-55(41-27-15-5-16-28-41)57(61)43-31-33-45-46-34-32-44(58(62)56(60)42-29-17-6-18-30-42)36-48(46)54-52(40-25-13-4-14-26-40)50(38-21-9-2-10-22-38)49(37-19-7-1-8-20-37)51(53(54)47(45)35-43)39-23-11-3-12-24-39/h1-36H. The van der Waals surface area contributed by atoms with Crippen molar-refractivity contribution in [2.24, 2.45) is 0 Å². The van der Waals surface area contributed by atoms with Crippen LogP contribution in [0.3, 0.4) is 0 Å². The molecule has 4 heteroatoms. The molecule has 0 amide bonds. The lowest BCUT2D eigenvalue weighted by atomic mass is 9.76. The van der Waals surface area contributed by atoms with Gasteiger partial charge in [-0.25, -0.2) is 0 Å². The van der Waals surface area contributed by atoms with E-state index in [9.17, 15) is 19.2 Å². The number of carbonyl (C=O) groups is 4. The molecule has 0 aliphatic carbocycles. The van der Waals surface area contributed by atoms with Gasteiger partial charge in [0.15, 0.2) is 0 Å². The van der Waals surface area contributed by atoms with Crippen LogP contribution < -0.4 is 0 Å². The van der Waals surface area contributed by atoms with Gasteiger partial charge in [-0.2, -0.15) is 0 Å². The number of carbonyl (C=O) groups excluding carboxylic acids is 4. The number of benzene rings is 10. The van der Waals surface area contributed by atoms with Crippen molar-refractivity contribution in [3.8, 4) is 44.5 Å². The highest BCUT2D eigenvalue weighted by Crippen LogP contribution is 2.54. The summed E-state index contributed by atoms with van der Waals surface area (Å²) < 4.78 is 0. The lowest BCUT2D eigenvalue weighted by Crippen LogP contribution is -2.14. The number of ketones is 4. The van der Waals surface area contributed by atoms with Crippen molar-refractivity contribution in [2.45, 2.75) is 0 Å². The Morgan fingerprint density at radius 1 is 0.226 bits per heavy atom. The second-order valence-electron chi connectivity index (χ2n) is 15.3. The van der Waals surface area contributed by atoms with Crippen LogP contribution in [-0.4, -0.2) is 23.1 Å². The van der Waals surface area contributed by atoms with Crippen LogP contribution in [0, 0.1) is 0 Å². The Balaban J connectivity index is 1.44. The van der Waals surface area contributed by atoms with Crippen molar-refractivity contribution >= 4 is 55.5 Å². The minimum atomic E-state index is -0.611. The Morgan fingerprint density at radius 2 is 0.484 bits per heavy atom. The molecule has 0 heterocycles. The Kier molecular flexibility index (Phi) is 9.79. The normalized spacial score (nSPS) is 11.2. The average Bonchev–Trinajstić information content (AvgIpc) is 3.36.